The highest BCUT2D eigenvalue weighted by atomic mass is 32.2. The Bertz CT molecular complexity index is 961. The molecule has 1 fully saturated rings. The van der Waals surface area contributed by atoms with Crippen molar-refractivity contribution in [2.75, 3.05) is 13.1 Å². The maximum atomic E-state index is 13.0. The number of benzene rings is 2. The number of rotatable bonds is 5. The van der Waals surface area contributed by atoms with Crippen LogP contribution in [0.5, 0.6) is 0 Å². The molecule has 1 heterocycles. The molecule has 2 aromatic carbocycles. The van der Waals surface area contributed by atoms with E-state index in [1.165, 1.54) is 52.8 Å². The molecule has 140 valence electrons. The molecule has 0 saturated carbocycles. The lowest BCUT2D eigenvalue weighted by Gasteiger charge is -2.16. The van der Waals surface area contributed by atoms with E-state index < -0.39 is 27.8 Å². The van der Waals surface area contributed by atoms with E-state index in [1.807, 2.05) is 6.07 Å². The summed E-state index contributed by atoms with van der Waals surface area (Å²) in [4.78, 5) is 12.5. The Morgan fingerprint density at radius 2 is 1.67 bits per heavy atom. The first-order chi connectivity index (χ1) is 12.9. The van der Waals surface area contributed by atoms with Gasteiger partial charge in [0.15, 0.2) is 0 Å². The van der Waals surface area contributed by atoms with E-state index in [4.69, 9.17) is 0 Å². The Hall–Kier alpha value is -2.76. The van der Waals surface area contributed by atoms with Crippen LogP contribution in [0.2, 0.25) is 0 Å². The minimum atomic E-state index is -3.54. The van der Waals surface area contributed by atoms with Gasteiger partial charge in [-0.05, 0) is 54.8 Å². The van der Waals surface area contributed by atoms with Crippen molar-refractivity contribution < 1.29 is 17.6 Å². The zero-order valence-corrected chi connectivity index (χ0v) is 15.2. The molecule has 0 aromatic heterocycles. The fourth-order valence-electron chi connectivity index (χ4n) is 2.92. The van der Waals surface area contributed by atoms with Crippen molar-refractivity contribution >= 4 is 15.9 Å². The first-order valence-corrected chi connectivity index (χ1v) is 9.92. The Balaban J connectivity index is 1.73. The monoisotopic (exact) mass is 387 g/mol. The average molecular weight is 387 g/mol. The molecule has 27 heavy (non-hydrogen) atoms. The number of carbonyl (C=O) groups is 1. The van der Waals surface area contributed by atoms with Gasteiger partial charge >= 0.3 is 0 Å². The highest BCUT2D eigenvalue weighted by molar-refractivity contribution is 7.89. The van der Waals surface area contributed by atoms with Gasteiger partial charge in [-0.2, -0.15) is 9.57 Å². The molecular formula is C19H18FN3O3S. The SMILES string of the molecule is N#C[C@@H](NC(=O)c1ccc(S(=O)(=O)N2CCCC2)cc1)c1ccc(F)cc1. The number of hydrogen-bond donors (Lipinski definition) is 1. The molecule has 0 aliphatic carbocycles. The highest BCUT2D eigenvalue weighted by Crippen LogP contribution is 2.21. The molecule has 3 rings (SSSR count). The second-order valence-corrected chi connectivity index (χ2v) is 8.16. The first-order valence-electron chi connectivity index (χ1n) is 8.48. The van der Waals surface area contributed by atoms with E-state index in [0.29, 0.717) is 18.7 Å². The fraction of sp³-hybridized carbons (Fsp3) is 0.263. The molecule has 1 aliphatic rings. The lowest BCUT2D eigenvalue weighted by Crippen LogP contribution is -2.29. The maximum Gasteiger partial charge on any atom is 0.252 e. The molecule has 0 spiro atoms. The van der Waals surface area contributed by atoms with Crippen LogP contribution in [0.3, 0.4) is 0 Å². The highest BCUT2D eigenvalue weighted by Gasteiger charge is 2.27. The minimum absolute atomic E-state index is 0.135. The Kier molecular flexibility index (Phi) is 5.54. The van der Waals surface area contributed by atoms with Gasteiger partial charge in [-0.3, -0.25) is 4.79 Å². The molecular weight excluding hydrogens is 369 g/mol. The van der Waals surface area contributed by atoms with E-state index in [1.54, 1.807) is 0 Å². The summed E-state index contributed by atoms with van der Waals surface area (Å²) >= 11 is 0. The molecule has 1 N–H and O–H groups in total. The van der Waals surface area contributed by atoms with Gasteiger partial charge in [0.2, 0.25) is 10.0 Å². The van der Waals surface area contributed by atoms with Crippen LogP contribution in [0, 0.1) is 17.1 Å². The first kappa shape index (κ1) is 19.0. The summed E-state index contributed by atoms with van der Waals surface area (Å²) in [6, 6.07) is 11.9. The topological polar surface area (TPSA) is 90.3 Å². The van der Waals surface area contributed by atoms with Crippen molar-refractivity contribution in [3.8, 4) is 6.07 Å². The number of hydrogen-bond acceptors (Lipinski definition) is 4. The van der Waals surface area contributed by atoms with Crippen LogP contribution in [0.25, 0.3) is 0 Å². The summed E-state index contributed by atoms with van der Waals surface area (Å²) in [5.41, 5.74) is 0.693. The Morgan fingerprint density at radius 3 is 2.22 bits per heavy atom. The summed E-state index contributed by atoms with van der Waals surface area (Å²) in [7, 11) is -3.54. The standard InChI is InChI=1S/C19H18FN3O3S/c20-16-7-3-14(4-8-16)18(13-21)22-19(24)15-5-9-17(10-6-15)27(25,26)23-11-1-2-12-23/h3-10,18H,1-2,11-12H2,(H,22,24)/t18-/m1/s1. The molecule has 1 amide bonds. The average Bonchev–Trinajstić information content (AvgIpc) is 3.22. The van der Waals surface area contributed by atoms with E-state index in [2.05, 4.69) is 5.32 Å². The molecule has 0 unspecified atom stereocenters. The van der Waals surface area contributed by atoms with Crippen molar-refractivity contribution in [1.29, 1.82) is 5.26 Å². The van der Waals surface area contributed by atoms with E-state index in [-0.39, 0.29) is 10.5 Å². The van der Waals surface area contributed by atoms with Crippen LogP contribution < -0.4 is 5.32 Å². The van der Waals surface area contributed by atoms with Crippen molar-refractivity contribution in [2.45, 2.75) is 23.8 Å². The molecule has 1 aliphatic heterocycles. The van der Waals surface area contributed by atoms with Gasteiger partial charge < -0.3 is 5.32 Å². The third kappa shape index (κ3) is 4.15. The fourth-order valence-corrected chi connectivity index (χ4v) is 4.43. The zero-order valence-electron chi connectivity index (χ0n) is 14.4. The van der Waals surface area contributed by atoms with Gasteiger partial charge in [0.25, 0.3) is 5.91 Å². The van der Waals surface area contributed by atoms with E-state index >= 15 is 0 Å². The van der Waals surface area contributed by atoms with Gasteiger partial charge in [0.05, 0.1) is 11.0 Å². The van der Waals surface area contributed by atoms with Crippen LogP contribution in [-0.2, 0) is 10.0 Å². The van der Waals surface area contributed by atoms with E-state index in [9.17, 15) is 22.9 Å². The van der Waals surface area contributed by atoms with Crippen molar-refractivity contribution in [3.05, 3.63) is 65.5 Å². The number of carbonyl (C=O) groups excluding carboxylic acids is 1. The second-order valence-electron chi connectivity index (χ2n) is 6.22. The van der Waals surface area contributed by atoms with Crippen LogP contribution in [-0.4, -0.2) is 31.7 Å². The van der Waals surface area contributed by atoms with Crippen molar-refractivity contribution in [3.63, 3.8) is 0 Å². The smallest absolute Gasteiger partial charge is 0.252 e. The minimum Gasteiger partial charge on any atom is -0.333 e. The lowest BCUT2D eigenvalue weighted by atomic mass is 10.1. The number of sulfonamides is 1. The third-order valence-corrected chi connectivity index (χ3v) is 6.34. The molecule has 0 bridgehead atoms. The normalized spacial score (nSPS) is 15.9. The third-order valence-electron chi connectivity index (χ3n) is 4.43. The molecule has 1 atom stereocenters. The largest absolute Gasteiger partial charge is 0.333 e. The number of amides is 1. The van der Waals surface area contributed by atoms with Crippen LogP contribution in [0.4, 0.5) is 4.39 Å². The Labute approximate surface area is 157 Å². The quantitative estimate of drug-likeness (QED) is 0.854. The van der Waals surface area contributed by atoms with Gasteiger partial charge in [-0.25, -0.2) is 12.8 Å². The van der Waals surface area contributed by atoms with Crippen molar-refractivity contribution in [2.24, 2.45) is 0 Å². The number of nitriles is 1. The molecule has 6 nitrogen and oxygen atoms in total. The maximum absolute atomic E-state index is 13.0. The Morgan fingerprint density at radius 1 is 1.07 bits per heavy atom. The van der Waals surface area contributed by atoms with Gasteiger partial charge in [-0.1, -0.05) is 12.1 Å². The lowest BCUT2D eigenvalue weighted by molar-refractivity contribution is 0.0945. The predicted octanol–water partition coefficient (Wildman–Crippen LogP) is 2.60. The molecule has 8 heteroatoms. The van der Waals surface area contributed by atoms with Gasteiger partial charge in [0, 0.05) is 18.7 Å². The van der Waals surface area contributed by atoms with Crippen LogP contribution in [0.1, 0.15) is 34.8 Å². The van der Waals surface area contributed by atoms with Crippen LogP contribution >= 0.6 is 0 Å². The number of nitrogens with one attached hydrogen (secondary N) is 1. The summed E-state index contributed by atoms with van der Waals surface area (Å²) in [5.74, 6) is -0.951. The summed E-state index contributed by atoms with van der Waals surface area (Å²) in [5, 5.41) is 11.8. The molecule has 2 aromatic rings. The summed E-state index contributed by atoms with van der Waals surface area (Å²) in [6.07, 6.45) is 1.69. The number of halogens is 1. The zero-order chi connectivity index (χ0) is 19.4. The number of nitrogens with zero attached hydrogens (tertiary/aromatic N) is 2. The van der Waals surface area contributed by atoms with E-state index in [0.717, 1.165) is 12.8 Å². The predicted molar refractivity (Wildman–Crippen MR) is 96.7 cm³/mol. The van der Waals surface area contributed by atoms with Gasteiger partial charge in [-0.15, -0.1) is 0 Å². The van der Waals surface area contributed by atoms with Crippen LogP contribution in [0.15, 0.2) is 53.4 Å². The molecule has 0 radical (unpaired) electrons. The van der Waals surface area contributed by atoms with Gasteiger partial charge in [0.1, 0.15) is 11.9 Å². The second kappa shape index (κ2) is 7.86. The summed E-state index contributed by atoms with van der Waals surface area (Å²) in [6.45, 7) is 1.01. The molecule has 1 saturated heterocycles. The summed E-state index contributed by atoms with van der Waals surface area (Å²) < 4.78 is 39.4. The van der Waals surface area contributed by atoms with Crippen molar-refractivity contribution in [1.82, 2.24) is 9.62 Å².